The monoisotopic (exact) mass is 832 g/mol. The first kappa shape index (κ1) is 44.7. The Bertz CT molecular complexity index is 2110. The van der Waals surface area contributed by atoms with E-state index in [1.165, 1.54) is 17.1 Å². The number of carbonyl (C=O) groups is 4. The molecule has 0 bridgehead atoms. The van der Waals surface area contributed by atoms with Crippen molar-refractivity contribution in [3.8, 4) is 0 Å². The Balaban J connectivity index is 1.16. The fourth-order valence-corrected chi connectivity index (χ4v) is 9.21. The summed E-state index contributed by atoms with van der Waals surface area (Å²) < 4.78 is 63.2. The van der Waals surface area contributed by atoms with E-state index in [4.69, 9.17) is 4.74 Å². The average Bonchev–Trinajstić information content (AvgIpc) is 4.07. The van der Waals surface area contributed by atoms with Gasteiger partial charge in [-0.1, -0.05) is 64.8 Å². The van der Waals surface area contributed by atoms with Gasteiger partial charge >= 0.3 is 6.09 Å². The number of hydrogen-bond acceptors (Lipinski definition) is 9. The topological polar surface area (TPSA) is 197 Å². The smallest absolute Gasteiger partial charge is 0.408 e. The van der Waals surface area contributed by atoms with Crippen LogP contribution in [0.1, 0.15) is 111 Å². The normalized spacial score (nSPS) is 26.8. The highest BCUT2D eigenvalue weighted by molar-refractivity contribution is 7.91. The Kier molecular flexibility index (Phi) is 13.1. The molecule has 4 fully saturated rings. The Morgan fingerprint density at radius 3 is 2.40 bits per heavy atom. The van der Waals surface area contributed by atoms with E-state index in [2.05, 4.69) is 38.5 Å². The summed E-state index contributed by atoms with van der Waals surface area (Å²) in [6, 6.07) is -2.07. The molecule has 2 heterocycles. The van der Waals surface area contributed by atoms with Crippen LogP contribution in [0.25, 0.3) is 12.2 Å². The number of alkyl carbamates (subject to hydrolysis) is 1. The molecule has 320 valence electrons. The zero-order valence-electron chi connectivity index (χ0n) is 34.3. The van der Waals surface area contributed by atoms with E-state index < -0.39 is 97.7 Å². The van der Waals surface area contributed by atoms with E-state index in [-0.39, 0.29) is 36.6 Å². The zero-order chi connectivity index (χ0) is 43.0. The van der Waals surface area contributed by atoms with Gasteiger partial charge in [0.25, 0.3) is 17.4 Å². The van der Waals surface area contributed by atoms with Crippen molar-refractivity contribution in [2.75, 3.05) is 6.54 Å². The van der Waals surface area contributed by atoms with Gasteiger partial charge in [0.1, 0.15) is 23.7 Å². The second-order valence-electron chi connectivity index (χ2n) is 17.4. The fourth-order valence-electron chi connectivity index (χ4n) is 7.84. The molecular formula is C41H58F2N6O8S. The van der Waals surface area contributed by atoms with Crippen LogP contribution < -0.4 is 31.6 Å². The minimum Gasteiger partial charge on any atom is -0.446 e. The van der Waals surface area contributed by atoms with Crippen molar-refractivity contribution in [1.29, 1.82) is 0 Å². The molecule has 0 radical (unpaired) electrons. The number of H-pyrrole nitrogens is 1. The van der Waals surface area contributed by atoms with Crippen LogP contribution in [-0.4, -0.2) is 82.6 Å². The quantitative estimate of drug-likeness (QED) is 0.134. The number of ether oxygens (including phenoxy) is 1. The summed E-state index contributed by atoms with van der Waals surface area (Å²) in [6.07, 6.45) is 6.44. The van der Waals surface area contributed by atoms with E-state index in [1.54, 1.807) is 40.7 Å². The lowest BCUT2D eigenvalue weighted by Gasteiger charge is -2.36. The van der Waals surface area contributed by atoms with Crippen LogP contribution in [-0.2, 0) is 35.1 Å². The van der Waals surface area contributed by atoms with E-state index in [9.17, 15) is 32.4 Å². The number of nitrogens with one attached hydrogen (secondary N) is 4. The van der Waals surface area contributed by atoms with Crippen molar-refractivity contribution in [1.82, 2.24) is 30.2 Å². The first-order valence-corrected chi connectivity index (χ1v) is 21.7. The number of amides is 4. The van der Waals surface area contributed by atoms with E-state index >= 15 is 8.78 Å². The SMILES string of the molecule is C=C[C@@H]1CC1(NC(=O)[C@@H]1[C@H](CC)CCN1C(=O)[C@@H](NC(=O)OC1C[C@H]1CCCCC(F)(F)c1nc(=C/C)/c(=C\C(=C)C)[nH]c1=O)C(C)(C)C)C(=O)NS(=O)(=O)C1CC1. The summed E-state index contributed by atoms with van der Waals surface area (Å²) in [5.74, 6) is -6.16. The van der Waals surface area contributed by atoms with Crippen LogP contribution in [0.4, 0.5) is 13.6 Å². The number of rotatable bonds is 17. The number of hydrogen-bond donors (Lipinski definition) is 4. The second-order valence-corrected chi connectivity index (χ2v) is 19.4. The van der Waals surface area contributed by atoms with Crippen LogP contribution in [0.3, 0.4) is 0 Å². The third-order valence-corrected chi connectivity index (χ3v) is 13.5. The summed E-state index contributed by atoms with van der Waals surface area (Å²) in [4.78, 5) is 75.2. The van der Waals surface area contributed by atoms with Gasteiger partial charge < -0.3 is 25.3 Å². The molecule has 0 spiro atoms. The highest BCUT2D eigenvalue weighted by atomic mass is 32.2. The number of unbranched alkanes of at least 4 members (excludes halogenated alkanes) is 1. The summed E-state index contributed by atoms with van der Waals surface area (Å²) in [5, 5.41) is 5.41. The maximum atomic E-state index is 15.1. The second kappa shape index (κ2) is 17.1. The molecule has 1 aliphatic heterocycles. The molecule has 4 aliphatic rings. The van der Waals surface area contributed by atoms with Gasteiger partial charge in [0.15, 0.2) is 5.69 Å². The van der Waals surface area contributed by atoms with Crippen LogP contribution in [0, 0.1) is 23.2 Å². The van der Waals surface area contributed by atoms with Crippen LogP contribution in [0.15, 0.2) is 29.6 Å². The maximum absolute atomic E-state index is 15.1. The molecule has 58 heavy (non-hydrogen) atoms. The molecule has 4 N–H and O–H groups in total. The molecule has 3 aliphatic carbocycles. The standard InChI is InChI=1S/C41H58F2N6O8S/c1-9-24-17-19-49(31(24)34(50)47-40(22-26(40)10-2)37(53)48-58(55,56)27-15-16-27)36(52)33(39(6,7)8)46-38(54)57-30-21-25(30)14-12-13-18-41(42,43)32-35(51)45-29(20-23(4)5)28(11-3)44-32/h10-11,20,24-27,30-31,33H,2,4,9,12-19,21-22H2,1,3,5-8H3,(H,45,51)(H,46,54)(H,47,50)(H,48,53)/b28-11+,29-20+/t24-,25-,26-,30?,31+,33-,40?/m1/s1. The fraction of sp³-hybridized carbons (Fsp3) is 0.659. The average molecular weight is 833 g/mol. The lowest BCUT2D eigenvalue weighted by atomic mass is 9.85. The summed E-state index contributed by atoms with van der Waals surface area (Å²) in [7, 11) is -3.88. The number of sulfonamides is 1. The van der Waals surface area contributed by atoms with Crippen molar-refractivity contribution in [3.05, 3.63) is 51.6 Å². The van der Waals surface area contributed by atoms with Gasteiger partial charge in [-0.05, 0) is 82.1 Å². The molecule has 0 aromatic carbocycles. The number of aromatic nitrogens is 2. The van der Waals surface area contributed by atoms with Crippen molar-refractivity contribution in [2.45, 2.75) is 141 Å². The van der Waals surface area contributed by atoms with Gasteiger partial charge in [0.2, 0.25) is 21.8 Å². The number of carbonyl (C=O) groups excluding carboxylic acids is 4. The first-order chi connectivity index (χ1) is 27.1. The molecule has 1 aromatic rings. The van der Waals surface area contributed by atoms with E-state index in [1.807, 2.05) is 6.92 Å². The number of halogens is 2. The highest BCUT2D eigenvalue weighted by Crippen LogP contribution is 2.46. The van der Waals surface area contributed by atoms with Crippen molar-refractivity contribution < 1.29 is 41.1 Å². The van der Waals surface area contributed by atoms with Gasteiger partial charge in [0.05, 0.1) is 15.9 Å². The molecule has 1 saturated heterocycles. The molecule has 2 unspecified atom stereocenters. The maximum Gasteiger partial charge on any atom is 0.408 e. The zero-order valence-corrected chi connectivity index (χ0v) is 35.1. The number of likely N-dealkylation sites (tertiary alicyclic amines) is 1. The summed E-state index contributed by atoms with van der Waals surface area (Å²) in [6.45, 7) is 18.3. The molecule has 14 nitrogen and oxygen atoms in total. The first-order valence-electron chi connectivity index (χ1n) is 20.2. The number of nitrogens with zero attached hydrogens (tertiary/aromatic N) is 2. The number of alkyl halides is 2. The highest BCUT2D eigenvalue weighted by Gasteiger charge is 2.62. The van der Waals surface area contributed by atoms with Gasteiger partial charge in [-0.15, -0.1) is 6.58 Å². The largest absolute Gasteiger partial charge is 0.446 e. The van der Waals surface area contributed by atoms with E-state index in [0.29, 0.717) is 55.9 Å². The predicted molar refractivity (Wildman–Crippen MR) is 214 cm³/mol. The molecule has 5 rings (SSSR count). The Hall–Kier alpha value is -4.41. The Morgan fingerprint density at radius 2 is 1.83 bits per heavy atom. The van der Waals surface area contributed by atoms with E-state index in [0.717, 1.165) is 0 Å². The van der Waals surface area contributed by atoms with Crippen LogP contribution >= 0.6 is 0 Å². The third kappa shape index (κ3) is 10.1. The van der Waals surface area contributed by atoms with Gasteiger partial charge in [-0.25, -0.2) is 18.2 Å². The molecular weight excluding hydrogens is 775 g/mol. The number of aromatic amines is 1. The predicted octanol–water partition coefficient (Wildman–Crippen LogP) is 3.40. The Labute approximate surface area is 338 Å². The lowest BCUT2D eigenvalue weighted by Crippen LogP contribution is -2.61. The van der Waals surface area contributed by atoms with Gasteiger partial charge in [-0.2, -0.15) is 8.78 Å². The Morgan fingerprint density at radius 1 is 1.14 bits per heavy atom. The minimum absolute atomic E-state index is 0.0504. The molecule has 7 atom stereocenters. The molecule has 1 aromatic heterocycles. The lowest BCUT2D eigenvalue weighted by molar-refractivity contribution is -0.143. The van der Waals surface area contributed by atoms with Crippen LogP contribution in [0.5, 0.6) is 0 Å². The summed E-state index contributed by atoms with van der Waals surface area (Å²) >= 11 is 0. The minimum atomic E-state index is -3.88. The van der Waals surface area contributed by atoms with Crippen molar-refractivity contribution >= 4 is 46.0 Å². The van der Waals surface area contributed by atoms with Crippen molar-refractivity contribution in [3.63, 3.8) is 0 Å². The molecule has 17 heteroatoms. The summed E-state index contributed by atoms with van der Waals surface area (Å²) in [5.41, 5.74) is -3.48. The van der Waals surface area contributed by atoms with Gasteiger partial charge in [0, 0.05) is 18.9 Å². The van der Waals surface area contributed by atoms with Gasteiger partial charge in [-0.3, -0.25) is 23.9 Å². The van der Waals surface area contributed by atoms with Crippen LogP contribution in [0.2, 0.25) is 0 Å². The third-order valence-electron chi connectivity index (χ3n) is 11.6. The number of allylic oxidation sites excluding steroid dienone is 1. The van der Waals surface area contributed by atoms with Crippen molar-refractivity contribution in [2.24, 2.45) is 23.2 Å². The molecule has 4 amide bonds. The molecule has 3 saturated carbocycles.